The molecule has 0 heterocycles. The zero-order valence-electron chi connectivity index (χ0n) is 17.9. The summed E-state index contributed by atoms with van der Waals surface area (Å²) in [6.45, 7) is 6.33. The highest BCUT2D eigenvalue weighted by molar-refractivity contribution is 5.86. The monoisotopic (exact) mass is 395 g/mol. The molecule has 1 aliphatic rings. The van der Waals surface area contributed by atoms with Gasteiger partial charge in [-0.15, -0.1) is 0 Å². The van der Waals surface area contributed by atoms with Crippen LogP contribution in [0.1, 0.15) is 103 Å². The van der Waals surface area contributed by atoms with E-state index in [1.54, 1.807) is 0 Å². The van der Waals surface area contributed by atoms with Gasteiger partial charge in [0.25, 0.3) is 0 Å². The summed E-state index contributed by atoms with van der Waals surface area (Å²) in [7, 11) is 0. The molecular formula is C23H41NO4. The quantitative estimate of drug-likeness (QED) is 0.196. The molecule has 0 aromatic rings. The fourth-order valence-corrected chi connectivity index (χ4v) is 3.79. The normalized spacial score (nSPS) is 15.2. The van der Waals surface area contributed by atoms with Gasteiger partial charge in [0.05, 0.1) is 6.61 Å². The topological polar surface area (TPSA) is 64.6 Å². The molecule has 0 unspecified atom stereocenters. The van der Waals surface area contributed by atoms with Crippen molar-refractivity contribution in [2.24, 2.45) is 0 Å². The van der Waals surface area contributed by atoms with Crippen LogP contribution in [0, 0.1) is 0 Å². The Bertz CT molecular complexity index is 444. The van der Waals surface area contributed by atoms with Gasteiger partial charge >= 0.3 is 12.1 Å². The van der Waals surface area contributed by atoms with Crippen LogP contribution in [0.5, 0.6) is 0 Å². The van der Waals surface area contributed by atoms with Gasteiger partial charge in [-0.05, 0) is 19.3 Å². The molecule has 0 bridgehead atoms. The number of esters is 1. The summed E-state index contributed by atoms with van der Waals surface area (Å²) in [6, 6.07) is 0. The molecule has 1 rings (SSSR count). The first-order valence-electron chi connectivity index (χ1n) is 11.4. The van der Waals surface area contributed by atoms with E-state index in [2.05, 4.69) is 18.8 Å². The minimum atomic E-state index is -0.907. The number of ether oxygens (including phenoxy) is 2. The second-order valence-corrected chi connectivity index (χ2v) is 7.97. The highest BCUT2D eigenvalue weighted by Crippen LogP contribution is 2.31. The first-order valence-corrected chi connectivity index (χ1v) is 11.4. The van der Waals surface area contributed by atoms with Crippen molar-refractivity contribution < 1.29 is 19.1 Å². The smallest absolute Gasteiger partial charge is 0.408 e. The molecule has 28 heavy (non-hydrogen) atoms. The third-order valence-electron chi connectivity index (χ3n) is 5.50. The summed E-state index contributed by atoms with van der Waals surface area (Å²) in [5.74, 6) is -0.312. The molecule has 5 nitrogen and oxygen atoms in total. The molecule has 1 saturated carbocycles. The van der Waals surface area contributed by atoms with E-state index in [4.69, 9.17) is 9.47 Å². The van der Waals surface area contributed by atoms with Crippen molar-refractivity contribution in [1.29, 1.82) is 0 Å². The van der Waals surface area contributed by atoms with Crippen LogP contribution in [0.15, 0.2) is 12.7 Å². The van der Waals surface area contributed by atoms with Crippen LogP contribution in [0.25, 0.3) is 0 Å². The largest absolute Gasteiger partial charge is 0.464 e. The summed E-state index contributed by atoms with van der Waals surface area (Å²) in [5.41, 5.74) is -0.907. The van der Waals surface area contributed by atoms with E-state index in [-0.39, 0.29) is 12.6 Å². The average Bonchev–Trinajstić information content (AvgIpc) is 3.16. The Morgan fingerprint density at radius 3 is 1.96 bits per heavy atom. The highest BCUT2D eigenvalue weighted by atomic mass is 16.6. The van der Waals surface area contributed by atoms with E-state index in [1.165, 1.54) is 63.9 Å². The van der Waals surface area contributed by atoms with Gasteiger partial charge in [0.1, 0.15) is 12.1 Å². The zero-order valence-corrected chi connectivity index (χ0v) is 17.9. The lowest BCUT2D eigenvalue weighted by Crippen LogP contribution is -2.53. The molecule has 0 saturated heterocycles. The second-order valence-electron chi connectivity index (χ2n) is 7.97. The Morgan fingerprint density at radius 1 is 0.893 bits per heavy atom. The van der Waals surface area contributed by atoms with Crippen molar-refractivity contribution >= 4 is 12.1 Å². The van der Waals surface area contributed by atoms with Crippen molar-refractivity contribution in [1.82, 2.24) is 5.32 Å². The Balaban J connectivity index is 2.10. The maximum Gasteiger partial charge on any atom is 0.408 e. The summed E-state index contributed by atoms with van der Waals surface area (Å²) in [5, 5.41) is 2.74. The number of unbranched alkanes of at least 4 members (excludes halogenated alkanes) is 10. The van der Waals surface area contributed by atoms with E-state index in [1.807, 2.05) is 0 Å². The van der Waals surface area contributed by atoms with Crippen LogP contribution in [-0.4, -0.2) is 30.8 Å². The molecular weight excluding hydrogens is 354 g/mol. The van der Waals surface area contributed by atoms with Crippen molar-refractivity contribution in [2.75, 3.05) is 13.2 Å². The fourth-order valence-electron chi connectivity index (χ4n) is 3.79. The Labute approximate surface area is 171 Å². The van der Waals surface area contributed by atoms with Gasteiger partial charge in [0, 0.05) is 0 Å². The summed E-state index contributed by atoms with van der Waals surface area (Å²) in [4.78, 5) is 24.4. The Morgan fingerprint density at radius 2 is 1.43 bits per heavy atom. The molecule has 0 spiro atoms. The first-order chi connectivity index (χ1) is 13.6. The Kier molecular flexibility index (Phi) is 13.5. The molecule has 0 aliphatic heterocycles. The highest BCUT2D eigenvalue weighted by Gasteiger charge is 2.44. The lowest BCUT2D eigenvalue weighted by Gasteiger charge is -2.27. The van der Waals surface area contributed by atoms with Gasteiger partial charge in [-0.3, -0.25) is 0 Å². The van der Waals surface area contributed by atoms with Crippen molar-refractivity contribution in [3.05, 3.63) is 12.7 Å². The molecule has 0 radical (unpaired) electrons. The predicted octanol–water partition coefficient (Wildman–Crippen LogP) is 6.07. The number of carbonyl (C=O) groups excluding carboxylic acids is 2. The van der Waals surface area contributed by atoms with E-state index in [0.717, 1.165) is 25.7 Å². The van der Waals surface area contributed by atoms with Crippen LogP contribution >= 0.6 is 0 Å². The summed E-state index contributed by atoms with van der Waals surface area (Å²) < 4.78 is 10.5. The summed E-state index contributed by atoms with van der Waals surface area (Å²) in [6.07, 6.45) is 17.9. The third kappa shape index (κ3) is 10.1. The van der Waals surface area contributed by atoms with Crippen LogP contribution in [0.2, 0.25) is 0 Å². The molecule has 1 aliphatic carbocycles. The molecule has 0 aromatic carbocycles. The predicted molar refractivity (Wildman–Crippen MR) is 113 cm³/mol. The second kappa shape index (κ2) is 15.4. The van der Waals surface area contributed by atoms with E-state index in [0.29, 0.717) is 19.4 Å². The third-order valence-corrected chi connectivity index (χ3v) is 5.50. The maximum absolute atomic E-state index is 12.5. The van der Waals surface area contributed by atoms with Gasteiger partial charge in [0.15, 0.2) is 0 Å². The standard InChI is InChI=1S/C23H41NO4/c1-3-5-6-7-8-9-10-11-12-13-16-20-27-21(25)23(17-14-15-18-23)24-22(26)28-19-4-2/h4H,2-3,5-20H2,1H3,(H,24,26). The van der Waals surface area contributed by atoms with Gasteiger partial charge in [0.2, 0.25) is 0 Å². The molecule has 1 amide bonds. The number of carbonyl (C=O) groups is 2. The van der Waals surface area contributed by atoms with E-state index in [9.17, 15) is 9.59 Å². The molecule has 0 atom stereocenters. The molecule has 5 heteroatoms. The van der Waals surface area contributed by atoms with Crippen molar-refractivity contribution in [3.63, 3.8) is 0 Å². The zero-order chi connectivity index (χ0) is 20.5. The molecule has 162 valence electrons. The molecule has 0 aromatic heterocycles. The van der Waals surface area contributed by atoms with Crippen LogP contribution in [0.4, 0.5) is 4.79 Å². The van der Waals surface area contributed by atoms with Gasteiger partial charge in [-0.2, -0.15) is 0 Å². The van der Waals surface area contributed by atoms with Crippen molar-refractivity contribution in [2.45, 2.75) is 109 Å². The van der Waals surface area contributed by atoms with Crippen LogP contribution in [0.3, 0.4) is 0 Å². The van der Waals surface area contributed by atoms with Crippen molar-refractivity contribution in [3.8, 4) is 0 Å². The van der Waals surface area contributed by atoms with Gasteiger partial charge < -0.3 is 14.8 Å². The molecule has 1 N–H and O–H groups in total. The Hall–Kier alpha value is -1.52. The van der Waals surface area contributed by atoms with E-state index < -0.39 is 11.6 Å². The number of amides is 1. The van der Waals surface area contributed by atoms with Gasteiger partial charge in [-0.25, -0.2) is 9.59 Å². The number of alkyl carbamates (subject to hydrolysis) is 1. The minimum absolute atomic E-state index is 0.135. The number of nitrogens with one attached hydrogen (secondary N) is 1. The first kappa shape index (κ1) is 24.5. The number of hydrogen-bond acceptors (Lipinski definition) is 4. The minimum Gasteiger partial charge on any atom is -0.464 e. The van der Waals surface area contributed by atoms with Crippen LogP contribution in [-0.2, 0) is 14.3 Å². The van der Waals surface area contributed by atoms with E-state index >= 15 is 0 Å². The lowest BCUT2D eigenvalue weighted by atomic mass is 9.98. The molecule has 1 fully saturated rings. The number of rotatable bonds is 16. The lowest BCUT2D eigenvalue weighted by molar-refractivity contribution is -0.151. The fraction of sp³-hybridized carbons (Fsp3) is 0.826. The summed E-state index contributed by atoms with van der Waals surface area (Å²) >= 11 is 0. The van der Waals surface area contributed by atoms with Gasteiger partial charge in [-0.1, -0.05) is 96.6 Å². The number of hydrogen-bond donors (Lipinski definition) is 1. The maximum atomic E-state index is 12.5. The SMILES string of the molecule is C=CCOC(=O)NC1(C(=O)OCCCCCCCCCCCCC)CCCC1. The average molecular weight is 396 g/mol. The van der Waals surface area contributed by atoms with Crippen LogP contribution < -0.4 is 5.32 Å².